The van der Waals surface area contributed by atoms with Crippen molar-refractivity contribution in [2.24, 2.45) is 0 Å². The molecule has 1 unspecified atom stereocenters. The summed E-state index contributed by atoms with van der Waals surface area (Å²) >= 11 is 3.22. The Morgan fingerprint density at radius 1 is 1.33 bits per heavy atom. The van der Waals surface area contributed by atoms with Gasteiger partial charge >= 0.3 is 12.1 Å². The zero-order valence-corrected chi connectivity index (χ0v) is 10.9. The van der Waals surface area contributed by atoms with Gasteiger partial charge in [0.1, 0.15) is 5.75 Å². The minimum absolute atomic E-state index is 0.370. The smallest absolute Gasteiger partial charge is 0.422 e. The summed E-state index contributed by atoms with van der Waals surface area (Å²) in [4.78, 5) is 11.2. The van der Waals surface area contributed by atoms with Gasteiger partial charge in [-0.25, -0.2) is 4.79 Å². The molecule has 0 spiro atoms. The van der Waals surface area contributed by atoms with Crippen LogP contribution in [-0.4, -0.2) is 24.9 Å². The molecule has 1 atom stereocenters. The van der Waals surface area contributed by atoms with Gasteiger partial charge in [-0.15, -0.1) is 0 Å². The summed E-state index contributed by atoms with van der Waals surface area (Å²) in [7, 11) is 0. The van der Waals surface area contributed by atoms with Crippen molar-refractivity contribution in [1.82, 2.24) is 0 Å². The van der Waals surface area contributed by atoms with Crippen LogP contribution >= 0.6 is 15.9 Å². The van der Waals surface area contributed by atoms with E-state index in [1.807, 2.05) is 0 Å². The zero-order valence-electron chi connectivity index (χ0n) is 9.33. The lowest BCUT2D eigenvalue weighted by molar-refractivity contribution is -0.190. The van der Waals surface area contributed by atoms with E-state index in [9.17, 15) is 18.0 Å². The fourth-order valence-corrected chi connectivity index (χ4v) is 1.30. The van der Waals surface area contributed by atoms with Crippen molar-refractivity contribution < 1.29 is 27.4 Å². The molecule has 0 fully saturated rings. The van der Waals surface area contributed by atoms with Crippen molar-refractivity contribution in [1.29, 1.82) is 0 Å². The highest BCUT2D eigenvalue weighted by atomic mass is 79.9. The summed E-state index contributed by atoms with van der Waals surface area (Å²) in [6.07, 6.45) is -5.64. The molecule has 3 nitrogen and oxygen atoms in total. The Kier molecular flexibility index (Phi) is 5.01. The molecule has 0 aliphatic carbocycles. The number of halogens is 4. The number of ether oxygens (including phenoxy) is 2. The highest BCUT2D eigenvalue weighted by molar-refractivity contribution is 9.10. The monoisotopic (exact) mass is 326 g/mol. The molecule has 0 saturated heterocycles. The largest absolute Gasteiger partial charge is 0.479 e. The summed E-state index contributed by atoms with van der Waals surface area (Å²) in [6.45, 7) is -0.291. The molecule has 100 valence electrons. The summed E-state index contributed by atoms with van der Waals surface area (Å²) < 4.78 is 45.5. The third kappa shape index (κ3) is 5.39. The molecular weight excluding hydrogens is 317 g/mol. The Labute approximate surface area is 110 Å². The van der Waals surface area contributed by atoms with Gasteiger partial charge in [0, 0.05) is 4.47 Å². The third-order valence-electron chi connectivity index (χ3n) is 1.84. The first-order valence-corrected chi connectivity index (χ1v) is 5.73. The van der Waals surface area contributed by atoms with Crippen LogP contribution in [0, 0.1) is 0 Å². The maximum Gasteiger partial charge on any atom is 0.422 e. The average molecular weight is 327 g/mol. The number of benzene rings is 1. The molecule has 0 aliphatic heterocycles. The van der Waals surface area contributed by atoms with Gasteiger partial charge in [0.25, 0.3) is 0 Å². The van der Waals surface area contributed by atoms with Crippen molar-refractivity contribution in [2.75, 3.05) is 6.61 Å². The van der Waals surface area contributed by atoms with E-state index >= 15 is 0 Å². The fourth-order valence-electron chi connectivity index (χ4n) is 1.04. The van der Waals surface area contributed by atoms with Gasteiger partial charge in [-0.05, 0) is 31.2 Å². The van der Waals surface area contributed by atoms with Crippen LogP contribution in [-0.2, 0) is 9.53 Å². The van der Waals surface area contributed by atoms with Crippen LogP contribution in [0.5, 0.6) is 5.75 Å². The predicted molar refractivity (Wildman–Crippen MR) is 61.2 cm³/mol. The lowest BCUT2D eigenvalue weighted by atomic mass is 10.3. The number of alkyl halides is 3. The molecule has 0 heterocycles. The standard InChI is InChI=1S/C11H10BrF3O3/c1-7(10(16)17-6-11(13,14)15)18-9-4-2-8(12)3-5-9/h2-5,7H,6H2,1H3. The minimum Gasteiger partial charge on any atom is -0.479 e. The number of hydrogen-bond donors (Lipinski definition) is 0. The number of hydrogen-bond acceptors (Lipinski definition) is 3. The molecule has 1 aromatic rings. The second-order valence-electron chi connectivity index (χ2n) is 3.44. The second kappa shape index (κ2) is 6.08. The molecule has 0 amide bonds. The third-order valence-corrected chi connectivity index (χ3v) is 2.37. The lowest BCUT2D eigenvalue weighted by Crippen LogP contribution is -2.30. The minimum atomic E-state index is -4.53. The van der Waals surface area contributed by atoms with E-state index in [1.165, 1.54) is 6.92 Å². The zero-order chi connectivity index (χ0) is 13.8. The first-order chi connectivity index (χ1) is 8.28. The number of carbonyl (C=O) groups is 1. The van der Waals surface area contributed by atoms with E-state index in [1.54, 1.807) is 24.3 Å². The molecule has 0 aromatic heterocycles. The van der Waals surface area contributed by atoms with Gasteiger partial charge < -0.3 is 9.47 Å². The van der Waals surface area contributed by atoms with Crippen molar-refractivity contribution in [3.63, 3.8) is 0 Å². The van der Waals surface area contributed by atoms with Gasteiger partial charge in [-0.2, -0.15) is 13.2 Å². The van der Waals surface area contributed by atoms with Crippen LogP contribution in [0.3, 0.4) is 0 Å². The second-order valence-corrected chi connectivity index (χ2v) is 4.35. The first kappa shape index (κ1) is 14.8. The Hall–Kier alpha value is -1.24. The average Bonchev–Trinajstić information content (AvgIpc) is 2.28. The number of esters is 1. The highest BCUT2D eigenvalue weighted by Crippen LogP contribution is 2.18. The van der Waals surface area contributed by atoms with E-state index in [-0.39, 0.29) is 0 Å². The highest BCUT2D eigenvalue weighted by Gasteiger charge is 2.31. The molecule has 0 saturated carbocycles. The maximum atomic E-state index is 11.8. The number of carbonyl (C=O) groups excluding carboxylic acids is 1. The van der Waals surface area contributed by atoms with Crippen molar-refractivity contribution in [3.8, 4) is 5.75 Å². The van der Waals surface area contributed by atoms with E-state index in [4.69, 9.17) is 4.74 Å². The van der Waals surface area contributed by atoms with Gasteiger partial charge in [-0.3, -0.25) is 0 Å². The summed E-state index contributed by atoms with van der Waals surface area (Å²) in [5.74, 6) is -0.690. The molecule has 0 N–H and O–H groups in total. The van der Waals surface area contributed by atoms with E-state index in [0.717, 1.165) is 4.47 Å². The van der Waals surface area contributed by atoms with Crippen LogP contribution < -0.4 is 4.74 Å². The summed E-state index contributed by atoms with van der Waals surface area (Å²) in [5.41, 5.74) is 0. The normalized spacial score (nSPS) is 12.9. The first-order valence-electron chi connectivity index (χ1n) is 4.93. The van der Waals surface area contributed by atoms with E-state index < -0.39 is 24.9 Å². The molecule has 7 heteroatoms. The fraction of sp³-hybridized carbons (Fsp3) is 0.364. The van der Waals surface area contributed by atoms with Crippen molar-refractivity contribution >= 4 is 21.9 Å². The van der Waals surface area contributed by atoms with Crippen LogP contribution in [0.1, 0.15) is 6.92 Å². The predicted octanol–water partition coefficient (Wildman–Crippen LogP) is 3.32. The van der Waals surface area contributed by atoms with E-state index in [0.29, 0.717) is 5.75 Å². The summed E-state index contributed by atoms with van der Waals surface area (Å²) in [5, 5.41) is 0. The van der Waals surface area contributed by atoms with Crippen LogP contribution in [0.15, 0.2) is 28.7 Å². The topological polar surface area (TPSA) is 35.5 Å². The molecule has 0 bridgehead atoms. The molecular formula is C11H10BrF3O3. The molecule has 0 aliphatic rings. The van der Waals surface area contributed by atoms with Crippen LogP contribution in [0.2, 0.25) is 0 Å². The Balaban J connectivity index is 2.47. The van der Waals surface area contributed by atoms with Crippen LogP contribution in [0.4, 0.5) is 13.2 Å². The maximum absolute atomic E-state index is 11.8. The Morgan fingerprint density at radius 3 is 2.39 bits per heavy atom. The summed E-state index contributed by atoms with van der Waals surface area (Å²) in [6, 6.07) is 6.53. The molecule has 1 rings (SSSR count). The van der Waals surface area contributed by atoms with Gasteiger partial charge in [0.2, 0.25) is 0 Å². The Morgan fingerprint density at radius 2 is 1.89 bits per heavy atom. The molecule has 1 aromatic carbocycles. The van der Waals surface area contributed by atoms with Crippen molar-refractivity contribution in [2.45, 2.75) is 19.2 Å². The Bertz CT molecular complexity index is 403. The van der Waals surface area contributed by atoms with Gasteiger partial charge in [0.15, 0.2) is 12.7 Å². The number of rotatable bonds is 4. The van der Waals surface area contributed by atoms with E-state index in [2.05, 4.69) is 20.7 Å². The van der Waals surface area contributed by atoms with Crippen molar-refractivity contribution in [3.05, 3.63) is 28.7 Å². The van der Waals surface area contributed by atoms with Crippen LogP contribution in [0.25, 0.3) is 0 Å². The quantitative estimate of drug-likeness (QED) is 0.796. The lowest BCUT2D eigenvalue weighted by Gasteiger charge is -2.14. The molecule has 0 radical (unpaired) electrons. The molecule has 18 heavy (non-hydrogen) atoms. The SMILES string of the molecule is CC(Oc1ccc(Br)cc1)C(=O)OCC(F)(F)F. The van der Waals surface area contributed by atoms with Gasteiger partial charge in [0.05, 0.1) is 0 Å². The van der Waals surface area contributed by atoms with Gasteiger partial charge in [-0.1, -0.05) is 15.9 Å².